The number of carbonyl (C=O) groups is 1. The molecule has 0 aromatic carbocycles. The highest BCUT2D eigenvalue weighted by Gasteiger charge is 2.16. The number of rotatable bonds is 4. The number of anilines is 1. The van der Waals surface area contributed by atoms with Crippen LogP contribution in [0.3, 0.4) is 0 Å². The number of carbonyl (C=O) groups excluding carboxylic acids is 1. The third kappa shape index (κ3) is 3.39. The molecule has 6 nitrogen and oxygen atoms in total. The van der Waals surface area contributed by atoms with Gasteiger partial charge in [0.15, 0.2) is 0 Å². The third-order valence-electron chi connectivity index (χ3n) is 3.35. The van der Waals surface area contributed by atoms with Gasteiger partial charge in [0.25, 0.3) is 5.91 Å². The van der Waals surface area contributed by atoms with Crippen LogP contribution in [0.15, 0.2) is 24.5 Å². The zero-order valence-corrected chi connectivity index (χ0v) is 12.9. The van der Waals surface area contributed by atoms with Gasteiger partial charge in [-0.25, -0.2) is 9.97 Å². The van der Waals surface area contributed by atoms with Crippen molar-refractivity contribution < 1.29 is 4.79 Å². The van der Waals surface area contributed by atoms with Gasteiger partial charge in [0.05, 0.1) is 6.54 Å². The van der Waals surface area contributed by atoms with Crippen LogP contribution in [-0.2, 0) is 13.6 Å². The summed E-state index contributed by atoms with van der Waals surface area (Å²) < 4.78 is 1.89. The first-order valence-corrected chi connectivity index (χ1v) is 6.87. The van der Waals surface area contributed by atoms with E-state index in [2.05, 4.69) is 9.97 Å². The van der Waals surface area contributed by atoms with Crippen molar-refractivity contribution >= 4 is 11.7 Å². The summed E-state index contributed by atoms with van der Waals surface area (Å²) in [6.07, 6.45) is 3.57. The minimum atomic E-state index is -0.0889. The Morgan fingerprint density at radius 2 is 2.14 bits per heavy atom. The summed E-state index contributed by atoms with van der Waals surface area (Å²) in [5.74, 6) is 1.33. The van der Waals surface area contributed by atoms with Gasteiger partial charge < -0.3 is 15.2 Å². The Hall–Kier alpha value is -2.37. The Morgan fingerprint density at radius 3 is 2.71 bits per heavy atom. The molecule has 0 saturated heterocycles. The molecular weight excluding hydrogens is 266 g/mol. The number of hydrogen-bond acceptors (Lipinski definition) is 4. The molecule has 0 bridgehead atoms. The smallest absolute Gasteiger partial charge is 0.254 e. The van der Waals surface area contributed by atoms with Crippen LogP contribution < -0.4 is 5.73 Å². The van der Waals surface area contributed by atoms with E-state index in [1.54, 1.807) is 30.3 Å². The first-order valence-electron chi connectivity index (χ1n) is 6.87. The fourth-order valence-electron chi connectivity index (χ4n) is 2.05. The molecule has 6 heteroatoms. The lowest BCUT2D eigenvalue weighted by molar-refractivity contribution is 0.0780. The van der Waals surface area contributed by atoms with Gasteiger partial charge in [-0.15, -0.1) is 0 Å². The molecule has 0 saturated carbocycles. The van der Waals surface area contributed by atoms with Gasteiger partial charge in [0, 0.05) is 37.7 Å². The lowest BCUT2D eigenvalue weighted by Crippen LogP contribution is -2.27. The second-order valence-electron chi connectivity index (χ2n) is 5.48. The Bertz CT molecular complexity index is 647. The van der Waals surface area contributed by atoms with Crippen LogP contribution in [0, 0.1) is 0 Å². The summed E-state index contributed by atoms with van der Waals surface area (Å²) in [5, 5.41) is 0. The molecule has 2 aromatic heterocycles. The van der Waals surface area contributed by atoms with E-state index < -0.39 is 0 Å². The molecule has 2 aromatic rings. The molecule has 2 N–H and O–H groups in total. The number of pyridine rings is 1. The summed E-state index contributed by atoms with van der Waals surface area (Å²) in [4.78, 5) is 22.6. The molecule has 2 rings (SSSR count). The number of aromatic nitrogens is 3. The van der Waals surface area contributed by atoms with Gasteiger partial charge in [0.2, 0.25) is 0 Å². The van der Waals surface area contributed by atoms with Crippen molar-refractivity contribution in [2.75, 3.05) is 12.8 Å². The predicted molar refractivity (Wildman–Crippen MR) is 81.7 cm³/mol. The van der Waals surface area contributed by atoms with Crippen molar-refractivity contribution in [1.82, 2.24) is 19.4 Å². The van der Waals surface area contributed by atoms with E-state index in [0.29, 0.717) is 17.9 Å². The molecular formula is C15H21N5O. The van der Waals surface area contributed by atoms with Crippen LogP contribution in [0.4, 0.5) is 5.82 Å². The van der Waals surface area contributed by atoms with Crippen molar-refractivity contribution in [3.63, 3.8) is 0 Å². The Morgan fingerprint density at radius 1 is 1.43 bits per heavy atom. The van der Waals surface area contributed by atoms with Crippen molar-refractivity contribution in [2.45, 2.75) is 26.3 Å². The Labute approximate surface area is 124 Å². The van der Waals surface area contributed by atoms with Gasteiger partial charge in [-0.3, -0.25) is 4.79 Å². The molecule has 0 atom stereocenters. The van der Waals surface area contributed by atoms with Crippen molar-refractivity contribution in [2.24, 2.45) is 7.05 Å². The second-order valence-corrected chi connectivity index (χ2v) is 5.48. The van der Waals surface area contributed by atoms with E-state index in [1.807, 2.05) is 31.7 Å². The van der Waals surface area contributed by atoms with Crippen LogP contribution >= 0.6 is 0 Å². The summed E-state index contributed by atoms with van der Waals surface area (Å²) in [7, 11) is 3.66. The van der Waals surface area contributed by atoms with Crippen LogP contribution in [0.2, 0.25) is 0 Å². The minimum Gasteiger partial charge on any atom is -0.384 e. The molecule has 0 fully saturated rings. The monoisotopic (exact) mass is 287 g/mol. The fraction of sp³-hybridized carbons (Fsp3) is 0.400. The van der Waals surface area contributed by atoms with E-state index in [-0.39, 0.29) is 11.8 Å². The highest BCUT2D eigenvalue weighted by atomic mass is 16.2. The first-order chi connectivity index (χ1) is 9.88. The van der Waals surface area contributed by atoms with E-state index in [1.165, 1.54) is 0 Å². The SMILES string of the molecule is CC(C)c1cc(C(=O)N(C)Cc2nccn2C)cc(N)n1. The largest absolute Gasteiger partial charge is 0.384 e. The van der Waals surface area contributed by atoms with Gasteiger partial charge in [-0.2, -0.15) is 0 Å². The molecule has 21 heavy (non-hydrogen) atoms. The summed E-state index contributed by atoms with van der Waals surface area (Å²) in [6.45, 7) is 4.49. The average molecular weight is 287 g/mol. The quantitative estimate of drug-likeness (QED) is 0.930. The van der Waals surface area contributed by atoms with Gasteiger partial charge in [-0.1, -0.05) is 13.8 Å². The zero-order chi connectivity index (χ0) is 15.6. The highest BCUT2D eigenvalue weighted by Crippen LogP contribution is 2.17. The maximum atomic E-state index is 12.5. The summed E-state index contributed by atoms with van der Waals surface area (Å²) in [5.41, 5.74) is 7.18. The molecule has 0 aliphatic heterocycles. The van der Waals surface area contributed by atoms with Crippen LogP contribution in [0.1, 0.15) is 41.6 Å². The number of hydrogen-bond donors (Lipinski definition) is 1. The molecule has 2 heterocycles. The highest BCUT2D eigenvalue weighted by molar-refractivity contribution is 5.94. The first kappa shape index (κ1) is 15.0. The normalized spacial score (nSPS) is 10.9. The Balaban J connectivity index is 2.21. The molecule has 0 radical (unpaired) electrons. The summed E-state index contributed by atoms with van der Waals surface area (Å²) in [6, 6.07) is 3.42. The van der Waals surface area contributed by atoms with E-state index in [9.17, 15) is 4.79 Å². The van der Waals surface area contributed by atoms with E-state index >= 15 is 0 Å². The number of aryl methyl sites for hydroxylation is 1. The summed E-state index contributed by atoms with van der Waals surface area (Å²) >= 11 is 0. The van der Waals surface area contributed by atoms with Gasteiger partial charge in [0.1, 0.15) is 11.6 Å². The molecule has 0 aliphatic carbocycles. The molecule has 0 unspecified atom stereocenters. The van der Waals surface area contributed by atoms with Crippen molar-refractivity contribution in [3.05, 3.63) is 41.6 Å². The van der Waals surface area contributed by atoms with Gasteiger partial charge >= 0.3 is 0 Å². The third-order valence-corrected chi connectivity index (χ3v) is 3.35. The molecule has 112 valence electrons. The lowest BCUT2D eigenvalue weighted by Gasteiger charge is -2.18. The van der Waals surface area contributed by atoms with Crippen molar-refractivity contribution in [1.29, 1.82) is 0 Å². The topological polar surface area (TPSA) is 77.0 Å². The molecule has 1 amide bonds. The maximum absolute atomic E-state index is 12.5. The van der Waals surface area contributed by atoms with Gasteiger partial charge in [-0.05, 0) is 18.1 Å². The van der Waals surface area contributed by atoms with Crippen LogP contribution in [-0.4, -0.2) is 32.4 Å². The maximum Gasteiger partial charge on any atom is 0.254 e. The van der Waals surface area contributed by atoms with E-state index in [0.717, 1.165) is 11.5 Å². The molecule has 0 spiro atoms. The lowest BCUT2D eigenvalue weighted by atomic mass is 10.1. The van der Waals surface area contributed by atoms with Crippen LogP contribution in [0.5, 0.6) is 0 Å². The average Bonchev–Trinajstić information content (AvgIpc) is 2.82. The van der Waals surface area contributed by atoms with E-state index in [4.69, 9.17) is 5.73 Å². The Kier molecular flexibility index (Phi) is 4.26. The zero-order valence-electron chi connectivity index (χ0n) is 12.9. The number of imidazole rings is 1. The number of nitrogens with two attached hydrogens (primary N) is 1. The second kappa shape index (κ2) is 5.95. The fourth-order valence-corrected chi connectivity index (χ4v) is 2.05. The molecule has 0 aliphatic rings. The number of nitrogen functional groups attached to an aromatic ring is 1. The minimum absolute atomic E-state index is 0.0889. The predicted octanol–water partition coefficient (Wildman–Crippen LogP) is 1.79. The van der Waals surface area contributed by atoms with Crippen LogP contribution in [0.25, 0.3) is 0 Å². The standard InChI is InChI=1S/C15H21N5O/c1-10(2)12-7-11(8-13(16)18-12)15(21)20(4)9-14-17-5-6-19(14)3/h5-8,10H,9H2,1-4H3,(H2,16,18). The number of nitrogens with zero attached hydrogens (tertiary/aromatic N) is 4. The number of amides is 1. The van der Waals surface area contributed by atoms with Crippen molar-refractivity contribution in [3.8, 4) is 0 Å².